The Balaban J connectivity index is 2.83. The molecular formula is C11H15NO2. The first kappa shape index (κ1) is 10.8. The van der Waals surface area contributed by atoms with Crippen LogP contribution in [0.5, 0.6) is 0 Å². The van der Waals surface area contributed by atoms with E-state index in [9.17, 15) is 4.79 Å². The second-order valence-electron chi connectivity index (χ2n) is 3.81. The maximum atomic E-state index is 10.7. The molecule has 0 bridgehead atoms. The summed E-state index contributed by atoms with van der Waals surface area (Å²) < 4.78 is 0. The van der Waals surface area contributed by atoms with Gasteiger partial charge in [-0.1, -0.05) is 19.3 Å². The lowest BCUT2D eigenvalue weighted by Gasteiger charge is -2.22. The largest absolute Gasteiger partial charge is 0.477 e. The number of nitrogens with zero attached hydrogens (tertiary/aromatic N) is 1. The molecule has 1 rings (SSSR count). The molecule has 0 unspecified atom stereocenters. The number of aliphatic carboxylic acids is 1. The Kier molecular flexibility index (Phi) is 3.70. The number of allylic oxidation sites excluding steroid dienone is 1. The van der Waals surface area contributed by atoms with Gasteiger partial charge in [-0.05, 0) is 31.3 Å². The molecule has 1 aliphatic carbocycles. The summed E-state index contributed by atoms with van der Waals surface area (Å²) in [7, 11) is 0. The first-order chi connectivity index (χ1) is 6.66. The van der Waals surface area contributed by atoms with E-state index in [2.05, 4.69) is 0 Å². The van der Waals surface area contributed by atoms with Gasteiger partial charge in [-0.3, -0.25) is 0 Å². The van der Waals surface area contributed by atoms with E-state index in [1.807, 2.05) is 0 Å². The first-order valence-corrected chi connectivity index (χ1v) is 5.01. The summed E-state index contributed by atoms with van der Waals surface area (Å²) in [6.45, 7) is 1.78. The molecule has 0 aromatic rings. The lowest BCUT2D eigenvalue weighted by Crippen LogP contribution is -2.12. The SMILES string of the molecule is CC(=C(C#N)C(=O)O)C1CCCCC1. The van der Waals surface area contributed by atoms with Crippen molar-refractivity contribution >= 4 is 5.97 Å². The van der Waals surface area contributed by atoms with Crippen molar-refractivity contribution in [1.82, 2.24) is 0 Å². The minimum atomic E-state index is -1.09. The molecule has 1 saturated carbocycles. The van der Waals surface area contributed by atoms with Crippen LogP contribution in [0.25, 0.3) is 0 Å². The summed E-state index contributed by atoms with van der Waals surface area (Å²) in [5.74, 6) is -0.773. The molecule has 3 heteroatoms. The van der Waals surface area contributed by atoms with Crippen molar-refractivity contribution in [2.24, 2.45) is 5.92 Å². The number of rotatable bonds is 2. The Hall–Kier alpha value is -1.30. The van der Waals surface area contributed by atoms with E-state index in [0.29, 0.717) is 5.92 Å². The summed E-state index contributed by atoms with van der Waals surface area (Å²) >= 11 is 0. The summed E-state index contributed by atoms with van der Waals surface area (Å²) in [6.07, 6.45) is 5.61. The van der Waals surface area contributed by atoms with Gasteiger partial charge in [-0.2, -0.15) is 5.26 Å². The van der Waals surface area contributed by atoms with Gasteiger partial charge in [0.25, 0.3) is 0 Å². The highest BCUT2D eigenvalue weighted by molar-refractivity contribution is 5.92. The van der Waals surface area contributed by atoms with Crippen LogP contribution < -0.4 is 0 Å². The Morgan fingerprint density at radius 3 is 2.36 bits per heavy atom. The highest BCUT2D eigenvalue weighted by Gasteiger charge is 2.20. The molecule has 0 saturated heterocycles. The van der Waals surface area contributed by atoms with Crippen LogP contribution in [-0.2, 0) is 4.79 Å². The number of carboxylic acids is 1. The zero-order valence-corrected chi connectivity index (χ0v) is 8.42. The Morgan fingerprint density at radius 1 is 1.36 bits per heavy atom. The van der Waals surface area contributed by atoms with Crippen molar-refractivity contribution in [3.63, 3.8) is 0 Å². The van der Waals surface area contributed by atoms with Crippen molar-refractivity contribution in [2.45, 2.75) is 39.0 Å². The fourth-order valence-electron chi connectivity index (χ4n) is 2.04. The van der Waals surface area contributed by atoms with Gasteiger partial charge in [-0.15, -0.1) is 0 Å². The van der Waals surface area contributed by atoms with Crippen LogP contribution in [0.3, 0.4) is 0 Å². The van der Waals surface area contributed by atoms with Gasteiger partial charge in [0.1, 0.15) is 11.6 Å². The van der Waals surface area contributed by atoms with Gasteiger partial charge in [0.15, 0.2) is 0 Å². The Bertz CT molecular complexity index is 293. The van der Waals surface area contributed by atoms with Crippen LogP contribution in [0.2, 0.25) is 0 Å². The smallest absolute Gasteiger partial charge is 0.346 e. The van der Waals surface area contributed by atoms with Crippen LogP contribution >= 0.6 is 0 Å². The van der Waals surface area contributed by atoms with E-state index >= 15 is 0 Å². The molecule has 0 aliphatic heterocycles. The molecule has 3 nitrogen and oxygen atoms in total. The van der Waals surface area contributed by atoms with E-state index in [-0.39, 0.29) is 5.57 Å². The topological polar surface area (TPSA) is 61.1 Å². The standard InChI is InChI=1S/C11H15NO2/c1-8(10(7-12)11(13)14)9-5-3-2-4-6-9/h9H,2-6H2,1H3,(H,13,14). The third-order valence-corrected chi connectivity index (χ3v) is 2.94. The Labute approximate surface area is 84.0 Å². The number of carbonyl (C=O) groups is 1. The third-order valence-electron chi connectivity index (χ3n) is 2.94. The molecule has 1 fully saturated rings. The summed E-state index contributed by atoms with van der Waals surface area (Å²) in [4.78, 5) is 10.7. The first-order valence-electron chi connectivity index (χ1n) is 5.01. The van der Waals surface area contributed by atoms with E-state index in [4.69, 9.17) is 10.4 Å². The fraction of sp³-hybridized carbons (Fsp3) is 0.636. The monoisotopic (exact) mass is 193 g/mol. The Morgan fingerprint density at radius 2 is 1.93 bits per heavy atom. The molecule has 0 heterocycles. The maximum absolute atomic E-state index is 10.7. The molecule has 14 heavy (non-hydrogen) atoms. The number of hydrogen-bond acceptors (Lipinski definition) is 2. The fourth-order valence-corrected chi connectivity index (χ4v) is 2.04. The average Bonchev–Trinajstić information content (AvgIpc) is 2.19. The second kappa shape index (κ2) is 4.80. The molecule has 0 amide bonds. The van der Waals surface area contributed by atoms with E-state index in [1.165, 1.54) is 6.42 Å². The van der Waals surface area contributed by atoms with Crippen LogP contribution in [0, 0.1) is 17.2 Å². The zero-order valence-electron chi connectivity index (χ0n) is 8.42. The van der Waals surface area contributed by atoms with Gasteiger partial charge in [-0.25, -0.2) is 4.79 Å². The van der Waals surface area contributed by atoms with E-state index < -0.39 is 5.97 Å². The van der Waals surface area contributed by atoms with Gasteiger partial charge in [0.2, 0.25) is 0 Å². The molecule has 0 atom stereocenters. The van der Waals surface area contributed by atoms with Crippen LogP contribution in [0.15, 0.2) is 11.1 Å². The van der Waals surface area contributed by atoms with Crippen molar-refractivity contribution in [1.29, 1.82) is 5.26 Å². The minimum absolute atomic E-state index is 0.0584. The highest BCUT2D eigenvalue weighted by Crippen LogP contribution is 2.30. The molecule has 0 aromatic carbocycles. The maximum Gasteiger partial charge on any atom is 0.346 e. The summed E-state index contributed by atoms with van der Waals surface area (Å²) in [5, 5.41) is 17.5. The molecule has 1 aliphatic rings. The van der Waals surface area contributed by atoms with E-state index in [0.717, 1.165) is 31.3 Å². The number of hydrogen-bond donors (Lipinski definition) is 1. The third kappa shape index (κ3) is 2.35. The molecular weight excluding hydrogens is 178 g/mol. The van der Waals surface area contributed by atoms with Gasteiger partial charge >= 0.3 is 5.97 Å². The second-order valence-corrected chi connectivity index (χ2v) is 3.81. The molecule has 0 radical (unpaired) electrons. The normalized spacial score (nSPS) is 19.7. The molecule has 0 spiro atoms. The number of nitriles is 1. The predicted octanol–water partition coefficient (Wildman–Crippen LogP) is 2.49. The van der Waals surface area contributed by atoms with Crippen molar-refractivity contribution in [3.8, 4) is 6.07 Å². The lowest BCUT2D eigenvalue weighted by atomic mass is 9.82. The van der Waals surface area contributed by atoms with Crippen LogP contribution in [-0.4, -0.2) is 11.1 Å². The molecule has 0 aromatic heterocycles. The van der Waals surface area contributed by atoms with Crippen molar-refractivity contribution in [2.75, 3.05) is 0 Å². The highest BCUT2D eigenvalue weighted by atomic mass is 16.4. The molecule has 1 N–H and O–H groups in total. The summed E-state index contributed by atoms with van der Waals surface area (Å²) in [6, 6.07) is 1.78. The van der Waals surface area contributed by atoms with Crippen LogP contribution in [0.1, 0.15) is 39.0 Å². The van der Waals surface area contributed by atoms with Gasteiger partial charge < -0.3 is 5.11 Å². The number of carboxylic acid groups (broad SMARTS) is 1. The van der Waals surface area contributed by atoms with Crippen LogP contribution in [0.4, 0.5) is 0 Å². The minimum Gasteiger partial charge on any atom is -0.477 e. The van der Waals surface area contributed by atoms with Crippen molar-refractivity contribution < 1.29 is 9.90 Å². The predicted molar refractivity (Wildman–Crippen MR) is 52.5 cm³/mol. The molecule has 76 valence electrons. The van der Waals surface area contributed by atoms with Gasteiger partial charge in [0.05, 0.1) is 0 Å². The quantitative estimate of drug-likeness (QED) is 0.541. The zero-order chi connectivity index (χ0) is 10.6. The van der Waals surface area contributed by atoms with Crippen molar-refractivity contribution in [3.05, 3.63) is 11.1 Å². The van der Waals surface area contributed by atoms with Gasteiger partial charge in [0, 0.05) is 0 Å². The van der Waals surface area contributed by atoms with E-state index in [1.54, 1.807) is 13.0 Å². The average molecular weight is 193 g/mol. The summed E-state index contributed by atoms with van der Waals surface area (Å²) in [5.41, 5.74) is 0.705. The lowest BCUT2D eigenvalue weighted by molar-refractivity contribution is -0.132.